The predicted molar refractivity (Wildman–Crippen MR) is 99.5 cm³/mol. The average molecular weight is 305 g/mol. The standard InChI is InChI=1S/C22H27N/c1-2-3-16-23-17-14-21(15-18-23)22(19-10-6-4-7-11-19)20-12-8-5-9-13-20/h4-13H,2-3,14-18H2,1H3. The van der Waals surface area contributed by atoms with E-state index >= 15 is 0 Å². The maximum atomic E-state index is 2.63. The van der Waals surface area contributed by atoms with Crippen molar-refractivity contribution in [3.8, 4) is 0 Å². The number of benzene rings is 2. The van der Waals surface area contributed by atoms with Crippen LogP contribution in [0.5, 0.6) is 0 Å². The molecule has 0 unspecified atom stereocenters. The molecule has 3 rings (SSSR count). The zero-order chi connectivity index (χ0) is 15.9. The largest absolute Gasteiger partial charge is 0.303 e. The monoisotopic (exact) mass is 305 g/mol. The van der Waals surface area contributed by atoms with Crippen molar-refractivity contribution < 1.29 is 0 Å². The minimum Gasteiger partial charge on any atom is -0.303 e. The average Bonchev–Trinajstić information content (AvgIpc) is 2.63. The maximum Gasteiger partial charge on any atom is 0.00190 e. The molecule has 0 bridgehead atoms. The van der Waals surface area contributed by atoms with E-state index in [4.69, 9.17) is 0 Å². The third-order valence-electron chi connectivity index (χ3n) is 4.77. The molecule has 1 aliphatic heterocycles. The number of rotatable bonds is 5. The lowest BCUT2D eigenvalue weighted by Gasteiger charge is -2.30. The van der Waals surface area contributed by atoms with E-state index in [9.17, 15) is 0 Å². The van der Waals surface area contributed by atoms with Crippen molar-refractivity contribution in [1.82, 2.24) is 4.90 Å². The number of likely N-dealkylation sites (tertiary alicyclic amines) is 1. The fraction of sp³-hybridized carbons (Fsp3) is 0.364. The highest BCUT2D eigenvalue weighted by molar-refractivity contribution is 5.82. The number of hydrogen-bond donors (Lipinski definition) is 0. The molecule has 0 aromatic heterocycles. The summed E-state index contributed by atoms with van der Waals surface area (Å²) in [6.07, 6.45) is 5.01. The number of unbranched alkanes of at least 4 members (excludes halogenated alkanes) is 1. The van der Waals surface area contributed by atoms with Gasteiger partial charge in [0.05, 0.1) is 0 Å². The first-order chi connectivity index (χ1) is 11.4. The van der Waals surface area contributed by atoms with Crippen LogP contribution < -0.4 is 0 Å². The molecule has 23 heavy (non-hydrogen) atoms. The summed E-state index contributed by atoms with van der Waals surface area (Å²) in [5, 5.41) is 0. The minimum absolute atomic E-state index is 1.20. The van der Waals surface area contributed by atoms with Crippen molar-refractivity contribution in [1.29, 1.82) is 0 Å². The lowest BCUT2D eigenvalue weighted by atomic mass is 9.88. The van der Waals surface area contributed by atoms with Gasteiger partial charge in [0.1, 0.15) is 0 Å². The first-order valence-electron chi connectivity index (χ1n) is 8.93. The van der Waals surface area contributed by atoms with Crippen molar-refractivity contribution in [3.63, 3.8) is 0 Å². The van der Waals surface area contributed by atoms with Gasteiger partial charge < -0.3 is 4.90 Å². The molecule has 1 fully saturated rings. The molecule has 120 valence electrons. The van der Waals surface area contributed by atoms with Gasteiger partial charge in [-0.25, -0.2) is 0 Å². The minimum atomic E-state index is 1.20. The Labute approximate surface area is 140 Å². The van der Waals surface area contributed by atoms with Gasteiger partial charge in [-0.3, -0.25) is 0 Å². The van der Waals surface area contributed by atoms with E-state index in [-0.39, 0.29) is 0 Å². The molecular weight excluding hydrogens is 278 g/mol. The first-order valence-corrected chi connectivity index (χ1v) is 8.93. The van der Waals surface area contributed by atoms with Crippen LogP contribution >= 0.6 is 0 Å². The highest BCUT2D eigenvalue weighted by Gasteiger charge is 2.18. The van der Waals surface area contributed by atoms with Crippen molar-refractivity contribution in [2.45, 2.75) is 32.6 Å². The topological polar surface area (TPSA) is 3.24 Å². The van der Waals surface area contributed by atoms with Crippen LogP contribution in [0.25, 0.3) is 5.57 Å². The Balaban J connectivity index is 1.88. The second kappa shape index (κ2) is 8.12. The molecule has 1 heterocycles. The van der Waals surface area contributed by atoms with E-state index in [1.54, 1.807) is 5.57 Å². The summed E-state index contributed by atoms with van der Waals surface area (Å²) in [6, 6.07) is 21.8. The van der Waals surface area contributed by atoms with Crippen molar-refractivity contribution >= 4 is 5.57 Å². The summed E-state index contributed by atoms with van der Waals surface area (Å²) < 4.78 is 0. The normalized spacial score (nSPS) is 15.6. The fourth-order valence-electron chi connectivity index (χ4n) is 3.46. The molecule has 2 aromatic carbocycles. The van der Waals surface area contributed by atoms with Gasteiger partial charge in [-0.2, -0.15) is 0 Å². The van der Waals surface area contributed by atoms with Gasteiger partial charge in [-0.1, -0.05) is 79.6 Å². The van der Waals surface area contributed by atoms with Gasteiger partial charge in [0.2, 0.25) is 0 Å². The Morgan fingerprint density at radius 2 is 1.35 bits per heavy atom. The van der Waals surface area contributed by atoms with Gasteiger partial charge in [-0.05, 0) is 42.5 Å². The summed E-state index contributed by atoms with van der Waals surface area (Å²) in [6.45, 7) is 5.95. The molecular formula is C22H27N. The van der Waals surface area contributed by atoms with Crippen LogP contribution in [0, 0.1) is 0 Å². The highest BCUT2D eigenvalue weighted by Crippen LogP contribution is 2.32. The number of piperidine rings is 1. The molecule has 0 amide bonds. The van der Waals surface area contributed by atoms with E-state index in [1.165, 1.54) is 62.0 Å². The third-order valence-corrected chi connectivity index (χ3v) is 4.77. The predicted octanol–water partition coefficient (Wildman–Crippen LogP) is 5.38. The van der Waals surface area contributed by atoms with E-state index in [1.807, 2.05) is 0 Å². The summed E-state index contributed by atoms with van der Waals surface area (Å²) >= 11 is 0. The van der Waals surface area contributed by atoms with Crippen LogP contribution in [-0.4, -0.2) is 24.5 Å². The van der Waals surface area contributed by atoms with Crippen LogP contribution in [0.2, 0.25) is 0 Å². The van der Waals surface area contributed by atoms with Gasteiger partial charge >= 0.3 is 0 Å². The van der Waals surface area contributed by atoms with Crippen LogP contribution in [-0.2, 0) is 0 Å². The van der Waals surface area contributed by atoms with Crippen LogP contribution in [0.1, 0.15) is 43.7 Å². The molecule has 1 nitrogen and oxygen atoms in total. The van der Waals surface area contributed by atoms with Crippen LogP contribution in [0.4, 0.5) is 0 Å². The Morgan fingerprint density at radius 1 is 0.826 bits per heavy atom. The van der Waals surface area contributed by atoms with Crippen molar-refractivity contribution in [2.75, 3.05) is 19.6 Å². The maximum absolute atomic E-state index is 2.63. The molecule has 0 saturated carbocycles. The second-order valence-corrected chi connectivity index (χ2v) is 6.41. The molecule has 1 aliphatic rings. The smallest absolute Gasteiger partial charge is 0.00190 e. The zero-order valence-corrected chi connectivity index (χ0v) is 14.2. The van der Waals surface area contributed by atoms with Gasteiger partial charge in [0.15, 0.2) is 0 Å². The van der Waals surface area contributed by atoms with Crippen molar-refractivity contribution in [2.24, 2.45) is 0 Å². The number of hydrogen-bond acceptors (Lipinski definition) is 1. The molecule has 1 saturated heterocycles. The Bertz CT molecular complexity index is 576. The van der Waals surface area contributed by atoms with E-state index < -0.39 is 0 Å². The molecule has 2 aromatic rings. The third kappa shape index (κ3) is 4.11. The SMILES string of the molecule is CCCCN1CCC(=C(c2ccccc2)c2ccccc2)CC1. The summed E-state index contributed by atoms with van der Waals surface area (Å²) in [5.74, 6) is 0. The van der Waals surface area contributed by atoms with Crippen LogP contribution in [0.3, 0.4) is 0 Å². The lowest BCUT2D eigenvalue weighted by molar-refractivity contribution is 0.253. The summed E-state index contributed by atoms with van der Waals surface area (Å²) in [5.41, 5.74) is 5.79. The van der Waals surface area contributed by atoms with E-state index in [2.05, 4.69) is 72.5 Å². The molecule has 0 atom stereocenters. The Kier molecular flexibility index (Phi) is 5.65. The zero-order valence-electron chi connectivity index (χ0n) is 14.2. The van der Waals surface area contributed by atoms with Gasteiger partial charge in [-0.15, -0.1) is 0 Å². The first kappa shape index (κ1) is 16.0. The molecule has 0 N–H and O–H groups in total. The summed E-state index contributed by atoms with van der Waals surface area (Å²) in [7, 11) is 0. The second-order valence-electron chi connectivity index (χ2n) is 6.41. The molecule has 0 spiro atoms. The Hall–Kier alpha value is -1.86. The van der Waals surface area contributed by atoms with Crippen LogP contribution in [0.15, 0.2) is 66.2 Å². The highest BCUT2D eigenvalue weighted by atomic mass is 15.1. The quantitative estimate of drug-likeness (QED) is 0.716. The summed E-state index contributed by atoms with van der Waals surface area (Å²) in [4.78, 5) is 2.63. The Morgan fingerprint density at radius 3 is 1.83 bits per heavy atom. The van der Waals surface area contributed by atoms with E-state index in [0.29, 0.717) is 0 Å². The molecule has 1 heteroatoms. The molecule has 0 radical (unpaired) electrons. The number of nitrogens with zero attached hydrogens (tertiary/aromatic N) is 1. The molecule has 0 aliphatic carbocycles. The van der Waals surface area contributed by atoms with Gasteiger partial charge in [0, 0.05) is 13.1 Å². The van der Waals surface area contributed by atoms with Gasteiger partial charge in [0.25, 0.3) is 0 Å². The fourth-order valence-corrected chi connectivity index (χ4v) is 3.46. The lowest BCUT2D eigenvalue weighted by Crippen LogP contribution is -2.31. The van der Waals surface area contributed by atoms with Crippen molar-refractivity contribution in [3.05, 3.63) is 77.4 Å². The van der Waals surface area contributed by atoms with E-state index in [0.717, 1.165) is 0 Å².